The van der Waals surface area contributed by atoms with Crippen molar-refractivity contribution in [3.8, 4) is 0 Å². The van der Waals surface area contributed by atoms with Crippen LogP contribution in [0.1, 0.15) is 55.4 Å². The first-order valence-corrected chi connectivity index (χ1v) is 8.50. The molecule has 0 rings (SSSR count). The molecular formula is C15H33N2OP. The van der Waals surface area contributed by atoms with E-state index in [0.29, 0.717) is 30.8 Å². The van der Waals surface area contributed by atoms with Crippen molar-refractivity contribution in [1.29, 1.82) is 0 Å². The minimum absolute atomic E-state index is 0.468. The largest absolute Gasteiger partial charge is 0.327 e. The molecule has 0 atom stereocenters. The molecule has 0 aromatic heterocycles. The van der Waals surface area contributed by atoms with Crippen LogP contribution in [0.4, 0.5) is 0 Å². The molecule has 0 saturated heterocycles. The summed E-state index contributed by atoms with van der Waals surface area (Å²) < 4.78 is 11.1. The second-order valence-electron chi connectivity index (χ2n) is 5.97. The molecule has 0 aromatic carbocycles. The Labute approximate surface area is 121 Å². The maximum atomic E-state index is 6.16. The molecule has 0 aromatic rings. The first-order valence-electron chi connectivity index (χ1n) is 7.34. The summed E-state index contributed by atoms with van der Waals surface area (Å²) >= 11 is 0. The Hall–Kier alpha value is 0.0500. The fraction of sp³-hybridized carbons (Fsp3) is 0.867. The summed E-state index contributed by atoms with van der Waals surface area (Å²) in [4.78, 5) is 0. The van der Waals surface area contributed by atoms with Gasteiger partial charge in [-0.05, 0) is 55.4 Å². The molecule has 0 bridgehead atoms. The smallest absolute Gasteiger partial charge is 0.189 e. The Morgan fingerprint density at radius 2 is 1.16 bits per heavy atom. The average molecular weight is 288 g/mol. The third-order valence-electron chi connectivity index (χ3n) is 2.82. The van der Waals surface area contributed by atoms with Crippen molar-refractivity contribution < 1.29 is 4.52 Å². The van der Waals surface area contributed by atoms with Gasteiger partial charge in [-0.15, -0.1) is 6.58 Å². The number of hydrogen-bond donors (Lipinski definition) is 0. The molecule has 114 valence electrons. The zero-order valence-corrected chi connectivity index (χ0v) is 14.9. The topological polar surface area (TPSA) is 15.7 Å². The summed E-state index contributed by atoms with van der Waals surface area (Å²) in [6.07, 6.45) is 1.84. The summed E-state index contributed by atoms with van der Waals surface area (Å²) in [6, 6.07) is 1.87. The molecule has 0 aliphatic carbocycles. The van der Waals surface area contributed by atoms with Gasteiger partial charge >= 0.3 is 0 Å². The number of rotatable bonds is 9. The summed E-state index contributed by atoms with van der Waals surface area (Å²) in [5.74, 6) is 0. The van der Waals surface area contributed by atoms with Gasteiger partial charge in [0.05, 0.1) is 6.61 Å². The molecule has 0 heterocycles. The van der Waals surface area contributed by atoms with Crippen molar-refractivity contribution in [2.45, 2.75) is 79.6 Å². The van der Waals surface area contributed by atoms with Gasteiger partial charge in [-0.1, -0.05) is 6.08 Å². The Morgan fingerprint density at radius 1 is 0.842 bits per heavy atom. The highest BCUT2D eigenvalue weighted by molar-refractivity contribution is 7.47. The Morgan fingerprint density at radius 3 is 1.37 bits per heavy atom. The van der Waals surface area contributed by atoms with E-state index in [2.05, 4.69) is 71.3 Å². The van der Waals surface area contributed by atoms with Gasteiger partial charge in [0.25, 0.3) is 0 Å². The predicted molar refractivity (Wildman–Crippen MR) is 87.3 cm³/mol. The van der Waals surface area contributed by atoms with Gasteiger partial charge in [0, 0.05) is 24.2 Å². The molecule has 0 aliphatic heterocycles. The first-order chi connectivity index (χ1) is 8.73. The normalized spacial score (nSPS) is 13.0. The lowest BCUT2D eigenvalue weighted by Crippen LogP contribution is -2.43. The van der Waals surface area contributed by atoms with E-state index in [9.17, 15) is 0 Å². The highest BCUT2D eigenvalue weighted by Crippen LogP contribution is 2.50. The van der Waals surface area contributed by atoms with Gasteiger partial charge in [0.15, 0.2) is 8.45 Å². The second-order valence-corrected chi connectivity index (χ2v) is 7.66. The van der Waals surface area contributed by atoms with E-state index >= 15 is 0 Å². The van der Waals surface area contributed by atoms with E-state index in [-0.39, 0.29) is 0 Å². The molecule has 0 N–H and O–H groups in total. The molecule has 0 spiro atoms. The van der Waals surface area contributed by atoms with Crippen LogP contribution in [0, 0.1) is 0 Å². The van der Waals surface area contributed by atoms with Gasteiger partial charge < -0.3 is 4.52 Å². The van der Waals surface area contributed by atoms with Gasteiger partial charge in [-0.25, -0.2) is 9.34 Å². The van der Waals surface area contributed by atoms with E-state index in [1.54, 1.807) is 0 Å². The van der Waals surface area contributed by atoms with Crippen molar-refractivity contribution in [2.24, 2.45) is 0 Å². The van der Waals surface area contributed by atoms with Crippen molar-refractivity contribution in [1.82, 2.24) is 9.34 Å². The van der Waals surface area contributed by atoms with Crippen LogP contribution in [-0.2, 0) is 4.52 Å². The molecule has 0 radical (unpaired) electrons. The molecule has 0 amide bonds. The Kier molecular flexibility index (Phi) is 9.10. The molecule has 0 aliphatic rings. The SMILES string of the molecule is C=CCOP(N(C(C)C)C(C)C)N(C(C)C)C(C)C. The van der Waals surface area contributed by atoms with Crippen LogP contribution >= 0.6 is 8.45 Å². The van der Waals surface area contributed by atoms with E-state index in [1.165, 1.54) is 0 Å². The van der Waals surface area contributed by atoms with Crippen molar-refractivity contribution in [3.05, 3.63) is 12.7 Å². The minimum Gasteiger partial charge on any atom is -0.327 e. The highest BCUT2D eigenvalue weighted by Gasteiger charge is 2.33. The quantitative estimate of drug-likeness (QED) is 0.453. The van der Waals surface area contributed by atoms with Crippen LogP contribution in [0.2, 0.25) is 0 Å². The maximum Gasteiger partial charge on any atom is 0.189 e. The van der Waals surface area contributed by atoms with Crippen molar-refractivity contribution >= 4 is 8.45 Å². The molecule has 0 unspecified atom stereocenters. The molecule has 19 heavy (non-hydrogen) atoms. The van der Waals surface area contributed by atoms with Crippen LogP contribution in [0.5, 0.6) is 0 Å². The third kappa shape index (κ3) is 5.91. The van der Waals surface area contributed by atoms with E-state index in [4.69, 9.17) is 4.52 Å². The lowest BCUT2D eigenvalue weighted by Gasteiger charge is -2.45. The van der Waals surface area contributed by atoms with Crippen LogP contribution in [0.3, 0.4) is 0 Å². The summed E-state index contributed by atoms with van der Waals surface area (Å²) in [6.45, 7) is 22.3. The molecular weight excluding hydrogens is 255 g/mol. The Bertz CT molecular complexity index is 219. The summed E-state index contributed by atoms with van der Waals surface area (Å²) in [5.41, 5.74) is 0. The first kappa shape index (κ1) is 19.1. The van der Waals surface area contributed by atoms with Crippen LogP contribution in [0.25, 0.3) is 0 Å². The van der Waals surface area contributed by atoms with Crippen molar-refractivity contribution in [2.75, 3.05) is 6.61 Å². The third-order valence-corrected chi connectivity index (χ3v) is 5.84. The van der Waals surface area contributed by atoms with Crippen molar-refractivity contribution in [3.63, 3.8) is 0 Å². The van der Waals surface area contributed by atoms with E-state index < -0.39 is 8.45 Å². The van der Waals surface area contributed by atoms with E-state index in [1.807, 2.05) is 6.08 Å². The lowest BCUT2D eigenvalue weighted by atomic mass is 10.3. The average Bonchev–Trinajstić information content (AvgIpc) is 2.23. The summed E-state index contributed by atoms with van der Waals surface area (Å²) in [5, 5.41) is 0. The van der Waals surface area contributed by atoms with Gasteiger partial charge in [-0.2, -0.15) is 0 Å². The zero-order valence-electron chi connectivity index (χ0n) is 14.1. The number of nitrogens with zero attached hydrogens (tertiary/aromatic N) is 2. The highest BCUT2D eigenvalue weighted by atomic mass is 31.2. The minimum atomic E-state index is -0.756. The molecule has 3 nitrogen and oxygen atoms in total. The summed E-state index contributed by atoms with van der Waals surface area (Å²) in [7, 11) is -0.756. The maximum absolute atomic E-state index is 6.16. The molecule has 0 saturated carbocycles. The predicted octanol–water partition coefficient (Wildman–Crippen LogP) is 4.65. The van der Waals surface area contributed by atoms with Crippen LogP contribution in [0.15, 0.2) is 12.7 Å². The monoisotopic (exact) mass is 288 g/mol. The van der Waals surface area contributed by atoms with Crippen LogP contribution in [-0.4, -0.2) is 40.1 Å². The van der Waals surface area contributed by atoms with E-state index in [0.717, 1.165) is 0 Å². The number of hydrogen-bond acceptors (Lipinski definition) is 3. The Balaban J connectivity index is 5.29. The molecule has 0 fully saturated rings. The fourth-order valence-corrected chi connectivity index (χ4v) is 4.68. The lowest BCUT2D eigenvalue weighted by molar-refractivity contribution is 0.196. The molecule has 4 heteroatoms. The van der Waals surface area contributed by atoms with Gasteiger partial charge in [0.2, 0.25) is 0 Å². The van der Waals surface area contributed by atoms with Gasteiger partial charge in [-0.3, -0.25) is 0 Å². The second kappa shape index (κ2) is 9.07. The fourth-order valence-electron chi connectivity index (χ4n) is 2.35. The zero-order chi connectivity index (χ0) is 15.2. The van der Waals surface area contributed by atoms with Crippen LogP contribution < -0.4 is 0 Å². The van der Waals surface area contributed by atoms with Gasteiger partial charge in [0.1, 0.15) is 0 Å². The standard InChI is InChI=1S/C15H33N2OP/c1-10-11-18-19(16(12(2)3)13(4)5)17(14(6)7)15(8)9/h10,12-15H,1,11H2,2-9H3.